The number of carboxylic acid groups (broad SMARTS) is 1. The third-order valence-corrected chi connectivity index (χ3v) is 6.37. The van der Waals surface area contributed by atoms with E-state index < -0.39 is 17.8 Å². The first-order valence-corrected chi connectivity index (χ1v) is 10.6. The van der Waals surface area contributed by atoms with Gasteiger partial charge in [-0.1, -0.05) is 42.5 Å². The molecule has 6 heteroatoms. The minimum Gasteiger partial charge on any atom is -0.478 e. The summed E-state index contributed by atoms with van der Waals surface area (Å²) in [7, 11) is 0. The molecule has 0 amide bonds. The van der Waals surface area contributed by atoms with E-state index in [1.165, 1.54) is 19.1 Å². The van der Waals surface area contributed by atoms with Crippen LogP contribution in [0.4, 0.5) is 0 Å². The van der Waals surface area contributed by atoms with Gasteiger partial charge in [0.2, 0.25) is 0 Å². The lowest BCUT2D eigenvalue weighted by Gasteiger charge is -2.51. The fourth-order valence-electron chi connectivity index (χ4n) is 4.88. The van der Waals surface area contributed by atoms with Gasteiger partial charge in [0, 0.05) is 29.2 Å². The minimum atomic E-state index is -1.04. The first-order chi connectivity index (χ1) is 15.9. The van der Waals surface area contributed by atoms with Crippen LogP contribution in [0.5, 0.6) is 5.75 Å². The van der Waals surface area contributed by atoms with Gasteiger partial charge in [-0.3, -0.25) is 14.4 Å². The number of ketones is 2. The van der Waals surface area contributed by atoms with E-state index in [-0.39, 0.29) is 29.0 Å². The molecule has 0 aliphatic heterocycles. The number of aromatic carboxylic acids is 1. The first kappa shape index (κ1) is 22.1. The summed E-state index contributed by atoms with van der Waals surface area (Å²) < 4.78 is 4.82. The van der Waals surface area contributed by atoms with Gasteiger partial charge in [0.1, 0.15) is 11.5 Å². The van der Waals surface area contributed by atoms with Crippen molar-refractivity contribution in [2.24, 2.45) is 11.8 Å². The molecule has 0 radical (unpaired) electrons. The van der Waals surface area contributed by atoms with Crippen molar-refractivity contribution in [1.29, 1.82) is 0 Å². The Hall–Kier alpha value is -4.06. The molecule has 3 aromatic rings. The van der Waals surface area contributed by atoms with Crippen LogP contribution < -0.4 is 4.74 Å². The average Bonchev–Trinajstić information content (AvgIpc) is 2.80. The van der Waals surface area contributed by atoms with Crippen molar-refractivity contribution in [3.8, 4) is 5.75 Å². The van der Waals surface area contributed by atoms with Crippen molar-refractivity contribution in [2.45, 2.75) is 18.8 Å². The van der Waals surface area contributed by atoms with Crippen LogP contribution in [-0.2, 0) is 9.59 Å². The van der Waals surface area contributed by atoms with Crippen molar-refractivity contribution in [2.75, 3.05) is 0 Å². The largest absolute Gasteiger partial charge is 0.478 e. The number of carboxylic acids is 1. The van der Waals surface area contributed by atoms with Crippen LogP contribution in [0.15, 0.2) is 78.9 Å². The Morgan fingerprint density at radius 2 is 1.30 bits per heavy atom. The summed E-state index contributed by atoms with van der Waals surface area (Å²) in [5.74, 6) is -2.44. The van der Waals surface area contributed by atoms with Gasteiger partial charge in [0.15, 0.2) is 5.78 Å². The molecule has 0 saturated heterocycles. The van der Waals surface area contributed by atoms with Crippen molar-refractivity contribution >= 4 is 24.0 Å². The Bertz CT molecular complexity index is 1180. The molecule has 1 aliphatic rings. The fraction of sp³-hybridized carbons (Fsp3) is 0.185. The maximum atomic E-state index is 13.7. The number of rotatable bonds is 8. The number of carbonyl (C=O) groups is 4. The molecule has 0 heterocycles. The first-order valence-electron chi connectivity index (χ1n) is 10.6. The zero-order chi connectivity index (χ0) is 23.5. The third kappa shape index (κ3) is 4.20. The molecule has 4 rings (SSSR count). The quantitative estimate of drug-likeness (QED) is 0.407. The molecule has 1 aliphatic carbocycles. The highest BCUT2D eigenvalue weighted by atomic mass is 16.5. The molecule has 0 aromatic heterocycles. The summed E-state index contributed by atoms with van der Waals surface area (Å²) in [5.41, 5.74) is 2.26. The third-order valence-electron chi connectivity index (χ3n) is 6.37. The van der Waals surface area contributed by atoms with Crippen LogP contribution in [0.3, 0.4) is 0 Å². The molecular weight excluding hydrogens is 420 g/mol. The number of Topliss-reactive ketones (excluding diaryl/α,β-unsaturated/α-hetero) is 2. The molecule has 1 N–H and O–H groups in total. The molecule has 0 unspecified atom stereocenters. The minimum absolute atomic E-state index is 0.0186. The van der Waals surface area contributed by atoms with Crippen LogP contribution in [0, 0.1) is 11.8 Å². The van der Waals surface area contributed by atoms with Gasteiger partial charge in [0.05, 0.1) is 5.56 Å². The van der Waals surface area contributed by atoms with E-state index in [0.717, 1.165) is 11.1 Å². The zero-order valence-electron chi connectivity index (χ0n) is 17.9. The van der Waals surface area contributed by atoms with Crippen molar-refractivity contribution in [1.82, 2.24) is 0 Å². The molecule has 0 bridgehead atoms. The van der Waals surface area contributed by atoms with Crippen LogP contribution in [0.1, 0.15) is 50.6 Å². The SMILES string of the molecule is CC(=O)[C@@H]1[C@H](c2ccccc2)[C@@H](C(=O)c2ccc(OC=O)cc2)[C@H]1c1ccc(C(=O)O)cc1. The van der Waals surface area contributed by atoms with Crippen molar-refractivity contribution in [3.05, 3.63) is 101 Å². The Balaban J connectivity index is 1.76. The van der Waals surface area contributed by atoms with Gasteiger partial charge in [-0.15, -0.1) is 0 Å². The molecule has 3 aromatic carbocycles. The highest BCUT2D eigenvalue weighted by Crippen LogP contribution is 2.58. The highest BCUT2D eigenvalue weighted by Gasteiger charge is 2.56. The van der Waals surface area contributed by atoms with Crippen molar-refractivity contribution < 1.29 is 29.0 Å². The summed E-state index contributed by atoms with van der Waals surface area (Å²) in [5, 5.41) is 9.23. The summed E-state index contributed by atoms with van der Waals surface area (Å²) >= 11 is 0. The van der Waals surface area contributed by atoms with Gasteiger partial charge in [-0.05, 0) is 54.4 Å². The van der Waals surface area contributed by atoms with Gasteiger partial charge >= 0.3 is 5.97 Å². The lowest BCUT2D eigenvalue weighted by molar-refractivity contribution is -0.126. The van der Waals surface area contributed by atoms with E-state index >= 15 is 0 Å². The number of benzene rings is 3. The van der Waals surface area contributed by atoms with Gasteiger partial charge in [-0.25, -0.2) is 4.79 Å². The highest BCUT2D eigenvalue weighted by molar-refractivity contribution is 6.02. The van der Waals surface area contributed by atoms with E-state index in [9.17, 15) is 24.3 Å². The van der Waals surface area contributed by atoms with Crippen molar-refractivity contribution in [3.63, 3.8) is 0 Å². The Morgan fingerprint density at radius 1 is 0.758 bits per heavy atom. The molecule has 1 fully saturated rings. The van der Waals surface area contributed by atoms with E-state index in [1.807, 2.05) is 30.3 Å². The van der Waals surface area contributed by atoms with E-state index in [0.29, 0.717) is 17.8 Å². The maximum absolute atomic E-state index is 13.7. The van der Waals surface area contributed by atoms with E-state index in [4.69, 9.17) is 4.74 Å². The van der Waals surface area contributed by atoms with E-state index in [1.54, 1.807) is 36.4 Å². The van der Waals surface area contributed by atoms with Crippen LogP contribution in [0.25, 0.3) is 0 Å². The second kappa shape index (κ2) is 9.20. The van der Waals surface area contributed by atoms with E-state index in [2.05, 4.69) is 0 Å². The summed E-state index contributed by atoms with van der Waals surface area (Å²) in [6.07, 6.45) is 0. The number of carbonyl (C=O) groups excluding carboxylic acids is 3. The van der Waals surface area contributed by atoms with Gasteiger partial charge in [0.25, 0.3) is 6.47 Å². The molecule has 6 nitrogen and oxygen atoms in total. The normalized spacial score (nSPS) is 21.5. The molecule has 166 valence electrons. The van der Waals surface area contributed by atoms with Gasteiger partial charge < -0.3 is 9.84 Å². The average molecular weight is 442 g/mol. The summed E-state index contributed by atoms with van der Waals surface area (Å²) in [4.78, 5) is 48.3. The standard InChI is InChI=1S/C27H22O6/c1-16(29)22-23(17-5-3-2-4-6-17)25(24(22)18-7-9-20(10-8-18)27(31)32)26(30)19-11-13-21(14-12-19)33-15-28/h2-15,22-25H,1H3,(H,31,32)/t22-,23+,24+,25-/m1/s1. The molecule has 4 atom stereocenters. The summed E-state index contributed by atoms with van der Waals surface area (Å²) in [6.45, 7) is 1.86. The smallest absolute Gasteiger partial charge is 0.335 e. The van der Waals surface area contributed by atoms with Crippen LogP contribution >= 0.6 is 0 Å². The predicted molar refractivity (Wildman–Crippen MR) is 120 cm³/mol. The lowest BCUT2D eigenvalue weighted by Crippen LogP contribution is -2.50. The second-order valence-electron chi connectivity index (χ2n) is 8.15. The molecule has 0 spiro atoms. The Kier molecular flexibility index (Phi) is 6.18. The topological polar surface area (TPSA) is 97.7 Å². The zero-order valence-corrected chi connectivity index (χ0v) is 17.9. The van der Waals surface area contributed by atoms with Gasteiger partial charge in [-0.2, -0.15) is 0 Å². The number of hydrogen-bond acceptors (Lipinski definition) is 5. The monoisotopic (exact) mass is 442 g/mol. The Labute approximate surface area is 190 Å². The Morgan fingerprint density at radius 3 is 1.82 bits per heavy atom. The summed E-state index contributed by atoms with van der Waals surface area (Å²) in [6, 6.07) is 22.2. The van der Waals surface area contributed by atoms with Crippen LogP contribution in [0.2, 0.25) is 0 Å². The predicted octanol–water partition coefficient (Wildman–Crippen LogP) is 4.51. The molecular formula is C27H22O6. The fourth-order valence-corrected chi connectivity index (χ4v) is 4.88. The number of hydrogen-bond donors (Lipinski definition) is 1. The molecule has 33 heavy (non-hydrogen) atoms. The maximum Gasteiger partial charge on any atom is 0.335 e. The second-order valence-corrected chi connectivity index (χ2v) is 8.15. The number of ether oxygens (including phenoxy) is 1. The molecule has 1 saturated carbocycles. The van der Waals surface area contributed by atoms with Crippen LogP contribution in [-0.4, -0.2) is 29.1 Å². The lowest BCUT2D eigenvalue weighted by atomic mass is 9.50.